The van der Waals surface area contributed by atoms with Crippen molar-refractivity contribution in [3.8, 4) is 0 Å². The molecule has 0 fully saturated rings. The molecule has 0 heterocycles. The highest BCUT2D eigenvalue weighted by Crippen LogP contribution is 2.22. The number of rotatable bonds is 6. The summed E-state index contributed by atoms with van der Waals surface area (Å²) in [5.74, 6) is 0. The minimum Gasteiger partial charge on any atom is -0.398 e. The first-order valence-electron chi connectivity index (χ1n) is 5.76. The third-order valence-electron chi connectivity index (χ3n) is 2.35. The van der Waals surface area contributed by atoms with Crippen molar-refractivity contribution in [1.82, 2.24) is 4.72 Å². The van der Waals surface area contributed by atoms with Gasteiger partial charge in [0.05, 0.1) is 11.2 Å². The van der Waals surface area contributed by atoms with Gasteiger partial charge in [0.1, 0.15) is 0 Å². The number of nitrogens with two attached hydrogens (primary N) is 1. The highest BCUT2D eigenvalue weighted by Gasteiger charge is 2.22. The Labute approximate surface area is 117 Å². The van der Waals surface area contributed by atoms with E-state index in [0.29, 0.717) is 5.69 Å². The molecule has 0 aliphatic carbocycles. The molecule has 0 radical (unpaired) electrons. The molecule has 0 spiro atoms. The summed E-state index contributed by atoms with van der Waals surface area (Å²) < 4.78 is 24.9. The normalized spacial score (nSPS) is 12.2. The maximum Gasteiger partial charge on any atom is 0.273 e. The molecule has 0 unspecified atom stereocenters. The van der Waals surface area contributed by atoms with E-state index >= 15 is 0 Å². The van der Waals surface area contributed by atoms with Crippen LogP contribution in [-0.2, 0) is 10.0 Å². The van der Waals surface area contributed by atoms with Crippen LogP contribution in [0.4, 0.5) is 17.1 Å². The molecule has 1 aromatic rings. The number of nitrogens with zero attached hydrogens (tertiary/aromatic N) is 1. The monoisotopic (exact) mass is 302 g/mol. The summed E-state index contributed by atoms with van der Waals surface area (Å²) in [7, 11) is -3.34. The number of nitrogen functional groups attached to an aromatic ring is 1. The third-order valence-corrected chi connectivity index (χ3v) is 3.27. The second kappa shape index (κ2) is 5.63. The molecule has 0 saturated heterocycles. The van der Waals surface area contributed by atoms with Crippen molar-refractivity contribution in [1.29, 1.82) is 0 Å². The van der Waals surface area contributed by atoms with Crippen molar-refractivity contribution in [2.75, 3.05) is 23.9 Å². The second-order valence-corrected chi connectivity index (χ2v) is 6.93. The largest absolute Gasteiger partial charge is 0.398 e. The zero-order chi connectivity index (χ0) is 15.6. The van der Waals surface area contributed by atoms with Gasteiger partial charge in [-0.05, 0) is 19.9 Å². The molecule has 112 valence electrons. The molecule has 20 heavy (non-hydrogen) atoms. The smallest absolute Gasteiger partial charge is 0.273 e. The van der Waals surface area contributed by atoms with Gasteiger partial charge in [-0.3, -0.25) is 10.1 Å². The number of sulfonamides is 1. The molecule has 1 aromatic carbocycles. The number of non-ortho nitro benzene ring substituents is 1. The van der Waals surface area contributed by atoms with Crippen LogP contribution in [0.3, 0.4) is 0 Å². The summed E-state index contributed by atoms with van der Waals surface area (Å²) in [4.78, 5) is 10.2. The fourth-order valence-corrected chi connectivity index (χ4v) is 2.78. The first-order chi connectivity index (χ1) is 8.98. The Morgan fingerprint density at radius 1 is 1.35 bits per heavy atom. The summed E-state index contributed by atoms with van der Waals surface area (Å²) in [6.07, 6.45) is 1.07. The van der Waals surface area contributed by atoms with Gasteiger partial charge in [-0.25, -0.2) is 13.1 Å². The molecule has 0 amide bonds. The van der Waals surface area contributed by atoms with Crippen molar-refractivity contribution in [3.63, 3.8) is 0 Å². The van der Waals surface area contributed by atoms with Crippen LogP contribution in [0.2, 0.25) is 0 Å². The van der Waals surface area contributed by atoms with E-state index in [1.54, 1.807) is 19.9 Å². The van der Waals surface area contributed by atoms with Gasteiger partial charge in [0, 0.05) is 35.6 Å². The zero-order valence-electron chi connectivity index (χ0n) is 11.5. The summed E-state index contributed by atoms with van der Waals surface area (Å²) in [5, 5.41) is 13.7. The Balaban J connectivity index is 2.82. The van der Waals surface area contributed by atoms with Crippen molar-refractivity contribution in [2.24, 2.45) is 0 Å². The molecule has 0 saturated carbocycles. The number of nitrogens with one attached hydrogen (secondary N) is 2. The van der Waals surface area contributed by atoms with Crippen LogP contribution >= 0.6 is 0 Å². The third kappa shape index (κ3) is 5.41. The number of hydrogen-bond donors (Lipinski definition) is 3. The number of benzene rings is 1. The molecule has 0 aromatic heterocycles. The second-order valence-electron chi connectivity index (χ2n) is 5.18. The maximum atomic E-state index is 11.2. The molecule has 9 heteroatoms. The topological polar surface area (TPSA) is 127 Å². The highest BCUT2D eigenvalue weighted by molar-refractivity contribution is 7.88. The lowest BCUT2D eigenvalue weighted by atomic mass is 10.1. The van der Waals surface area contributed by atoms with E-state index in [1.807, 2.05) is 0 Å². The molecule has 0 atom stereocenters. The van der Waals surface area contributed by atoms with Gasteiger partial charge in [0.2, 0.25) is 10.0 Å². The Hall–Kier alpha value is -1.87. The van der Waals surface area contributed by atoms with E-state index in [-0.39, 0.29) is 17.9 Å². The molecule has 0 aliphatic heterocycles. The quantitative estimate of drug-likeness (QED) is 0.407. The summed E-state index contributed by atoms with van der Waals surface area (Å²) in [5.41, 5.74) is 5.43. The lowest BCUT2D eigenvalue weighted by Gasteiger charge is -2.25. The molecular weight excluding hydrogens is 284 g/mol. The van der Waals surface area contributed by atoms with Crippen molar-refractivity contribution >= 4 is 27.1 Å². The van der Waals surface area contributed by atoms with Crippen LogP contribution in [0.15, 0.2) is 18.2 Å². The predicted octanol–water partition coefficient (Wildman–Crippen LogP) is 0.917. The minimum absolute atomic E-state index is 0.124. The first-order valence-corrected chi connectivity index (χ1v) is 7.65. The van der Waals surface area contributed by atoms with E-state index in [4.69, 9.17) is 5.73 Å². The predicted molar refractivity (Wildman–Crippen MR) is 78.1 cm³/mol. The fourth-order valence-electron chi connectivity index (χ4n) is 1.70. The number of nitro groups is 1. The Morgan fingerprint density at radius 3 is 2.45 bits per heavy atom. The highest BCUT2D eigenvalue weighted by atomic mass is 32.2. The van der Waals surface area contributed by atoms with Crippen molar-refractivity contribution in [3.05, 3.63) is 28.3 Å². The van der Waals surface area contributed by atoms with E-state index < -0.39 is 20.5 Å². The average molecular weight is 302 g/mol. The van der Waals surface area contributed by atoms with Crippen LogP contribution in [0.25, 0.3) is 0 Å². The molecule has 0 aliphatic rings. The molecule has 0 bridgehead atoms. The van der Waals surface area contributed by atoms with Crippen LogP contribution in [-0.4, -0.2) is 31.7 Å². The van der Waals surface area contributed by atoms with Gasteiger partial charge in [-0.2, -0.15) is 0 Å². The van der Waals surface area contributed by atoms with E-state index in [0.717, 1.165) is 6.26 Å². The summed E-state index contributed by atoms with van der Waals surface area (Å²) in [6, 6.07) is 4.14. The van der Waals surface area contributed by atoms with Crippen LogP contribution in [0, 0.1) is 10.1 Å². The van der Waals surface area contributed by atoms with Gasteiger partial charge >= 0.3 is 0 Å². The molecule has 1 rings (SSSR count). The van der Waals surface area contributed by atoms with Crippen LogP contribution < -0.4 is 15.8 Å². The first kappa shape index (κ1) is 16.2. The summed E-state index contributed by atoms with van der Waals surface area (Å²) in [6.45, 7) is 3.64. The van der Waals surface area contributed by atoms with Crippen LogP contribution in [0.1, 0.15) is 13.8 Å². The number of nitro benzene ring substituents is 1. The van der Waals surface area contributed by atoms with Gasteiger partial charge in [0.25, 0.3) is 5.69 Å². The number of anilines is 2. The van der Waals surface area contributed by atoms with Gasteiger partial charge < -0.3 is 11.1 Å². The van der Waals surface area contributed by atoms with Gasteiger partial charge in [-0.15, -0.1) is 0 Å². The molecule has 4 N–H and O–H groups in total. The number of hydrogen-bond acceptors (Lipinski definition) is 6. The molecule has 8 nitrogen and oxygen atoms in total. The standard InChI is InChI=1S/C11H18N4O4S/c1-11(2,14-20(3,18)19)7-13-9-4-8(12)5-10(6-9)15(16)17/h4-6,13-14H,7,12H2,1-3H3. The van der Waals surface area contributed by atoms with E-state index in [9.17, 15) is 18.5 Å². The Morgan fingerprint density at radius 2 is 1.95 bits per heavy atom. The van der Waals surface area contributed by atoms with Crippen LogP contribution in [0.5, 0.6) is 0 Å². The van der Waals surface area contributed by atoms with Gasteiger partial charge in [0.15, 0.2) is 0 Å². The average Bonchev–Trinajstić information content (AvgIpc) is 2.22. The van der Waals surface area contributed by atoms with E-state index in [2.05, 4.69) is 10.0 Å². The SMILES string of the molecule is CC(C)(CNc1cc(N)cc([N+](=O)[O-])c1)NS(C)(=O)=O. The maximum absolute atomic E-state index is 11.2. The zero-order valence-corrected chi connectivity index (χ0v) is 12.3. The summed E-state index contributed by atoms with van der Waals surface area (Å²) >= 11 is 0. The lowest BCUT2D eigenvalue weighted by molar-refractivity contribution is -0.384. The van der Waals surface area contributed by atoms with E-state index in [1.165, 1.54) is 12.1 Å². The minimum atomic E-state index is -3.34. The van der Waals surface area contributed by atoms with Crippen molar-refractivity contribution in [2.45, 2.75) is 19.4 Å². The van der Waals surface area contributed by atoms with Crippen molar-refractivity contribution < 1.29 is 13.3 Å². The lowest BCUT2D eigenvalue weighted by Crippen LogP contribution is -2.47. The van der Waals surface area contributed by atoms with Gasteiger partial charge in [-0.1, -0.05) is 0 Å². The Kier molecular flexibility index (Phi) is 4.56. The Bertz CT molecular complexity index is 613. The molecular formula is C11H18N4O4S. The fraction of sp³-hybridized carbons (Fsp3) is 0.455.